The molecule has 0 unspecified atom stereocenters. The molecule has 0 saturated carbocycles. The highest BCUT2D eigenvalue weighted by Crippen LogP contribution is 2.13. The molecular weight excluding hydrogens is 433 g/mol. The summed E-state index contributed by atoms with van der Waals surface area (Å²) in [7, 11) is -3.41. The number of morpholine rings is 1. The van der Waals surface area contributed by atoms with Crippen LogP contribution in [0.1, 0.15) is 5.56 Å². The van der Waals surface area contributed by atoms with E-state index in [1.165, 1.54) is 12.1 Å². The van der Waals surface area contributed by atoms with Crippen LogP contribution in [0.15, 0.2) is 34.2 Å². The van der Waals surface area contributed by atoms with E-state index in [-0.39, 0.29) is 41.2 Å². The van der Waals surface area contributed by atoms with Crippen LogP contribution in [-0.4, -0.2) is 63.0 Å². The lowest BCUT2D eigenvalue weighted by Gasteiger charge is -2.27. The van der Waals surface area contributed by atoms with Crippen LogP contribution in [0.4, 0.5) is 0 Å². The molecule has 0 bridgehead atoms. The molecule has 2 rings (SSSR count). The number of guanidine groups is 1. The Morgan fingerprint density at radius 1 is 1.26 bits per heavy atom. The van der Waals surface area contributed by atoms with Gasteiger partial charge in [-0.3, -0.25) is 0 Å². The quantitative estimate of drug-likeness (QED) is 0.374. The van der Waals surface area contributed by atoms with Gasteiger partial charge >= 0.3 is 0 Å². The van der Waals surface area contributed by atoms with E-state index in [0.717, 1.165) is 18.7 Å². The number of halogens is 1. The minimum absolute atomic E-state index is 0. The van der Waals surface area contributed by atoms with E-state index in [1.807, 2.05) is 4.90 Å². The minimum atomic E-state index is -3.41. The second kappa shape index (κ2) is 9.40. The van der Waals surface area contributed by atoms with Gasteiger partial charge in [-0.25, -0.2) is 13.4 Å². The highest BCUT2D eigenvalue weighted by molar-refractivity contribution is 14.0. The van der Waals surface area contributed by atoms with E-state index in [1.54, 1.807) is 12.1 Å². The molecule has 1 aliphatic rings. The Balaban J connectivity index is 0.00000264. The fourth-order valence-electron chi connectivity index (χ4n) is 2.10. The summed E-state index contributed by atoms with van der Waals surface area (Å²) in [6.07, 6.45) is 0. The number of rotatable bonds is 5. The highest BCUT2D eigenvalue weighted by Gasteiger charge is 2.14. The average Bonchev–Trinajstić information content (AvgIpc) is 2.54. The molecule has 1 fully saturated rings. The lowest BCUT2D eigenvalue weighted by Crippen LogP contribution is -2.44. The van der Waals surface area contributed by atoms with Crippen LogP contribution < -0.4 is 5.73 Å². The van der Waals surface area contributed by atoms with Crippen molar-refractivity contribution in [3.63, 3.8) is 0 Å². The van der Waals surface area contributed by atoms with Crippen LogP contribution in [0, 0.1) is 0 Å². The predicted molar refractivity (Wildman–Crippen MR) is 98.7 cm³/mol. The van der Waals surface area contributed by atoms with Crippen molar-refractivity contribution in [1.29, 1.82) is 0 Å². The smallest absolute Gasteiger partial charge is 0.191 e. The zero-order chi connectivity index (χ0) is 16.0. The van der Waals surface area contributed by atoms with Crippen LogP contribution in [-0.2, 0) is 21.1 Å². The van der Waals surface area contributed by atoms with Crippen molar-refractivity contribution in [2.24, 2.45) is 10.7 Å². The van der Waals surface area contributed by atoms with E-state index < -0.39 is 9.84 Å². The topological polar surface area (TPSA) is 105 Å². The summed E-state index contributed by atoms with van der Waals surface area (Å²) >= 11 is 0. The molecule has 23 heavy (non-hydrogen) atoms. The fourth-order valence-corrected chi connectivity index (χ4v) is 3.13. The Labute approximate surface area is 153 Å². The highest BCUT2D eigenvalue weighted by atomic mass is 127. The number of ether oxygens (including phenoxy) is 1. The summed E-state index contributed by atoms with van der Waals surface area (Å²) in [4.78, 5) is 6.49. The van der Waals surface area contributed by atoms with E-state index in [0.29, 0.717) is 25.7 Å². The molecule has 0 amide bonds. The molecular formula is C14H22IN3O4S. The number of benzene rings is 1. The van der Waals surface area contributed by atoms with Gasteiger partial charge < -0.3 is 20.5 Å². The first-order chi connectivity index (χ1) is 10.5. The Bertz CT molecular complexity index is 613. The van der Waals surface area contributed by atoms with E-state index in [2.05, 4.69) is 4.99 Å². The first kappa shape index (κ1) is 20.1. The van der Waals surface area contributed by atoms with Crippen LogP contribution in [0.5, 0.6) is 0 Å². The maximum Gasteiger partial charge on any atom is 0.191 e. The van der Waals surface area contributed by atoms with Crippen molar-refractivity contribution in [3.05, 3.63) is 29.8 Å². The van der Waals surface area contributed by atoms with Crippen LogP contribution >= 0.6 is 24.0 Å². The van der Waals surface area contributed by atoms with Gasteiger partial charge in [0.2, 0.25) is 0 Å². The summed E-state index contributed by atoms with van der Waals surface area (Å²) in [6, 6.07) is 6.47. The van der Waals surface area contributed by atoms with Crippen LogP contribution in [0.3, 0.4) is 0 Å². The first-order valence-electron chi connectivity index (χ1n) is 7.08. The molecule has 1 saturated heterocycles. The lowest BCUT2D eigenvalue weighted by molar-refractivity contribution is 0.0674. The Morgan fingerprint density at radius 2 is 1.87 bits per heavy atom. The van der Waals surface area contributed by atoms with Crippen molar-refractivity contribution >= 4 is 39.8 Å². The molecule has 0 aromatic heterocycles. The normalized spacial score (nSPS) is 16.0. The van der Waals surface area contributed by atoms with Gasteiger partial charge in [0.1, 0.15) is 0 Å². The fraction of sp³-hybridized carbons (Fsp3) is 0.500. The number of hydrogen-bond donors (Lipinski definition) is 2. The monoisotopic (exact) mass is 455 g/mol. The number of aliphatic hydroxyl groups excluding tert-OH is 1. The molecule has 1 aromatic carbocycles. The SMILES string of the molecule is I.NC(=NCc1ccc(S(=O)(=O)CCO)cc1)N1CCOCC1. The van der Waals surface area contributed by atoms with Crippen molar-refractivity contribution in [1.82, 2.24) is 4.90 Å². The Kier molecular flexibility index (Phi) is 8.23. The Morgan fingerprint density at radius 3 is 2.43 bits per heavy atom. The van der Waals surface area contributed by atoms with Crippen molar-refractivity contribution in [3.8, 4) is 0 Å². The van der Waals surface area contributed by atoms with E-state index in [9.17, 15) is 8.42 Å². The minimum Gasteiger partial charge on any atom is -0.395 e. The third-order valence-electron chi connectivity index (χ3n) is 3.40. The van der Waals surface area contributed by atoms with Gasteiger partial charge in [0.25, 0.3) is 0 Å². The predicted octanol–water partition coefficient (Wildman–Crippen LogP) is 0.217. The second-order valence-corrected chi connectivity index (χ2v) is 7.07. The van der Waals surface area contributed by atoms with Gasteiger partial charge in [-0.2, -0.15) is 0 Å². The summed E-state index contributed by atoms with van der Waals surface area (Å²) in [5.74, 6) is 0.203. The number of sulfone groups is 1. The van der Waals surface area contributed by atoms with E-state index >= 15 is 0 Å². The molecule has 0 atom stereocenters. The van der Waals surface area contributed by atoms with Crippen molar-refractivity contribution in [2.45, 2.75) is 11.4 Å². The molecule has 0 aliphatic carbocycles. The molecule has 1 heterocycles. The van der Waals surface area contributed by atoms with Gasteiger partial charge in [-0.1, -0.05) is 12.1 Å². The molecule has 1 aromatic rings. The van der Waals surface area contributed by atoms with Gasteiger partial charge in [-0.15, -0.1) is 24.0 Å². The summed E-state index contributed by atoms with van der Waals surface area (Å²) in [5.41, 5.74) is 6.81. The number of aliphatic hydroxyl groups is 1. The van der Waals surface area contributed by atoms with Gasteiger partial charge in [0, 0.05) is 13.1 Å². The molecule has 1 aliphatic heterocycles. The number of nitrogens with two attached hydrogens (primary N) is 1. The van der Waals surface area contributed by atoms with Crippen molar-refractivity contribution < 1.29 is 18.3 Å². The van der Waals surface area contributed by atoms with Crippen LogP contribution in [0.2, 0.25) is 0 Å². The number of nitrogens with zero attached hydrogens (tertiary/aromatic N) is 2. The van der Waals surface area contributed by atoms with Crippen molar-refractivity contribution in [2.75, 3.05) is 38.7 Å². The van der Waals surface area contributed by atoms with E-state index in [4.69, 9.17) is 15.6 Å². The number of aliphatic imine (C=N–C) groups is 1. The second-order valence-electron chi connectivity index (χ2n) is 4.96. The Hall–Kier alpha value is -0.910. The lowest BCUT2D eigenvalue weighted by atomic mass is 10.2. The zero-order valence-electron chi connectivity index (χ0n) is 12.7. The summed E-state index contributed by atoms with van der Waals surface area (Å²) < 4.78 is 28.8. The van der Waals surface area contributed by atoms with Gasteiger partial charge in [-0.05, 0) is 17.7 Å². The molecule has 0 radical (unpaired) electrons. The zero-order valence-corrected chi connectivity index (χ0v) is 15.9. The van der Waals surface area contributed by atoms with Gasteiger partial charge in [0.15, 0.2) is 15.8 Å². The average molecular weight is 455 g/mol. The summed E-state index contributed by atoms with van der Waals surface area (Å²) in [5, 5.41) is 8.76. The maximum absolute atomic E-state index is 11.8. The first-order valence-corrected chi connectivity index (χ1v) is 8.73. The maximum atomic E-state index is 11.8. The van der Waals surface area contributed by atoms with Gasteiger partial charge in [0.05, 0.1) is 37.0 Å². The standard InChI is InChI=1S/C14H21N3O4S.HI/c15-14(17-5-8-21-9-6-17)16-11-12-1-3-13(4-2-12)22(19,20)10-7-18;/h1-4,18H,5-11H2,(H2,15,16);1H. The van der Waals surface area contributed by atoms with Crippen LogP contribution in [0.25, 0.3) is 0 Å². The molecule has 9 heteroatoms. The largest absolute Gasteiger partial charge is 0.395 e. The third kappa shape index (κ3) is 5.90. The number of hydrogen-bond acceptors (Lipinski definition) is 5. The molecule has 0 spiro atoms. The summed E-state index contributed by atoms with van der Waals surface area (Å²) in [6.45, 7) is 2.76. The molecule has 7 nitrogen and oxygen atoms in total. The third-order valence-corrected chi connectivity index (χ3v) is 5.11. The molecule has 3 N–H and O–H groups in total. The molecule has 130 valence electrons.